The summed E-state index contributed by atoms with van der Waals surface area (Å²) in [6.45, 7) is 2.37. The first-order chi connectivity index (χ1) is 18.2. The Morgan fingerprint density at radius 1 is 1.03 bits per heavy atom. The van der Waals surface area contributed by atoms with Gasteiger partial charge in [0, 0.05) is 18.3 Å². The van der Waals surface area contributed by atoms with E-state index in [2.05, 4.69) is 11.9 Å². The van der Waals surface area contributed by atoms with E-state index < -0.39 is 35.2 Å². The molecule has 38 heavy (non-hydrogen) atoms. The number of pyridine rings is 1. The summed E-state index contributed by atoms with van der Waals surface area (Å²) >= 11 is 0. The van der Waals surface area contributed by atoms with Gasteiger partial charge in [-0.3, -0.25) is 14.6 Å². The maximum Gasteiger partial charge on any atom is 0.416 e. The standard InChI is InChI=1S/C29H27F3N2O4/c1-2-3-6-16-38-22-13-11-20(12-14-22)26(35)24-25(23-10-4-5-15-33-23)34(28(37)27(24)36)18-19-8-7-9-21(17-19)29(30,31)32/h4-5,7-15,17,25,35H,2-3,6,16,18H2,1H3/b26-24+. The maximum absolute atomic E-state index is 13.3. The van der Waals surface area contributed by atoms with Gasteiger partial charge < -0.3 is 14.7 Å². The van der Waals surface area contributed by atoms with Crippen molar-refractivity contribution in [1.82, 2.24) is 9.88 Å². The number of benzene rings is 2. The molecule has 0 aliphatic carbocycles. The third kappa shape index (κ3) is 5.88. The largest absolute Gasteiger partial charge is 0.507 e. The van der Waals surface area contributed by atoms with Crippen molar-refractivity contribution in [3.63, 3.8) is 0 Å². The van der Waals surface area contributed by atoms with Gasteiger partial charge in [-0.1, -0.05) is 38.0 Å². The van der Waals surface area contributed by atoms with Gasteiger partial charge in [-0.05, 0) is 60.5 Å². The lowest BCUT2D eigenvalue weighted by Crippen LogP contribution is -2.29. The van der Waals surface area contributed by atoms with Crippen molar-refractivity contribution in [3.05, 3.63) is 101 Å². The number of unbranched alkanes of at least 4 members (excludes halogenated alkanes) is 2. The molecule has 1 amide bonds. The van der Waals surface area contributed by atoms with E-state index in [1.807, 2.05) is 0 Å². The van der Waals surface area contributed by atoms with Gasteiger partial charge in [0.2, 0.25) is 0 Å². The van der Waals surface area contributed by atoms with E-state index in [1.54, 1.807) is 42.5 Å². The molecule has 1 aliphatic heterocycles. The number of halogens is 3. The minimum atomic E-state index is -4.56. The molecule has 2 aromatic carbocycles. The van der Waals surface area contributed by atoms with E-state index in [4.69, 9.17) is 4.74 Å². The maximum atomic E-state index is 13.3. The number of aromatic nitrogens is 1. The molecule has 1 aromatic heterocycles. The molecule has 0 saturated carbocycles. The van der Waals surface area contributed by atoms with E-state index in [9.17, 15) is 27.9 Å². The van der Waals surface area contributed by atoms with Crippen LogP contribution in [0.15, 0.2) is 78.5 Å². The molecule has 0 radical (unpaired) electrons. The third-order valence-corrected chi connectivity index (χ3v) is 6.26. The Morgan fingerprint density at radius 3 is 2.45 bits per heavy atom. The molecule has 1 N–H and O–H groups in total. The van der Waals surface area contributed by atoms with E-state index in [0.717, 1.165) is 36.3 Å². The SMILES string of the molecule is CCCCCOc1ccc(/C(O)=C2\C(=O)C(=O)N(Cc3cccc(C(F)(F)F)c3)C2c2ccccn2)cc1. The average molecular weight is 525 g/mol. The zero-order chi connectivity index (χ0) is 27.3. The summed E-state index contributed by atoms with van der Waals surface area (Å²) in [5, 5.41) is 11.2. The lowest BCUT2D eigenvalue weighted by Gasteiger charge is -2.25. The van der Waals surface area contributed by atoms with E-state index in [-0.39, 0.29) is 17.7 Å². The minimum absolute atomic E-state index is 0.183. The smallest absolute Gasteiger partial charge is 0.416 e. The van der Waals surface area contributed by atoms with Crippen molar-refractivity contribution >= 4 is 17.4 Å². The van der Waals surface area contributed by atoms with Crippen molar-refractivity contribution in [2.75, 3.05) is 6.61 Å². The molecule has 1 unspecified atom stereocenters. The minimum Gasteiger partial charge on any atom is -0.507 e. The lowest BCUT2D eigenvalue weighted by atomic mass is 9.98. The first kappa shape index (κ1) is 26.9. The molecule has 1 saturated heterocycles. The van der Waals surface area contributed by atoms with Crippen LogP contribution in [0.4, 0.5) is 13.2 Å². The molecule has 3 aromatic rings. The summed E-state index contributed by atoms with van der Waals surface area (Å²) in [7, 11) is 0. The van der Waals surface area contributed by atoms with E-state index in [1.165, 1.54) is 18.3 Å². The summed E-state index contributed by atoms with van der Waals surface area (Å²) in [5.41, 5.74) is -0.262. The number of ketones is 1. The highest BCUT2D eigenvalue weighted by Gasteiger charge is 2.46. The molecule has 1 aliphatic rings. The number of ether oxygens (including phenoxy) is 1. The Balaban J connectivity index is 1.69. The molecule has 2 heterocycles. The summed E-state index contributed by atoms with van der Waals surface area (Å²) in [6, 6.07) is 14.9. The fourth-order valence-corrected chi connectivity index (χ4v) is 4.34. The summed E-state index contributed by atoms with van der Waals surface area (Å²) in [6.07, 6.45) is -0.0514. The fraction of sp³-hybridized carbons (Fsp3) is 0.276. The normalized spacial score (nSPS) is 17.2. The zero-order valence-electron chi connectivity index (χ0n) is 20.7. The van der Waals surface area contributed by atoms with Gasteiger partial charge in [-0.2, -0.15) is 13.2 Å². The second kappa shape index (κ2) is 11.5. The molecule has 6 nitrogen and oxygen atoms in total. The van der Waals surface area contributed by atoms with Crippen molar-refractivity contribution in [1.29, 1.82) is 0 Å². The van der Waals surface area contributed by atoms with Gasteiger partial charge in [-0.25, -0.2) is 0 Å². The lowest BCUT2D eigenvalue weighted by molar-refractivity contribution is -0.140. The van der Waals surface area contributed by atoms with Gasteiger partial charge in [-0.15, -0.1) is 0 Å². The quantitative estimate of drug-likeness (QED) is 0.154. The number of carbonyl (C=O) groups excluding carboxylic acids is 2. The van der Waals surface area contributed by atoms with Gasteiger partial charge in [0.15, 0.2) is 0 Å². The third-order valence-electron chi connectivity index (χ3n) is 6.26. The Morgan fingerprint density at radius 2 is 1.79 bits per heavy atom. The molecule has 9 heteroatoms. The second-order valence-electron chi connectivity index (χ2n) is 8.96. The second-order valence-corrected chi connectivity index (χ2v) is 8.96. The Kier molecular flexibility index (Phi) is 8.14. The number of Topliss-reactive ketones (excluding diaryl/α,β-unsaturated/α-hetero) is 1. The van der Waals surface area contributed by atoms with Crippen LogP contribution in [0.5, 0.6) is 5.75 Å². The molecular weight excluding hydrogens is 497 g/mol. The predicted molar refractivity (Wildman–Crippen MR) is 135 cm³/mol. The number of alkyl halides is 3. The van der Waals surface area contributed by atoms with Gasteiger partial charge in [0.25, 0.3) is 11.7 Å². The highest BCUT2D eigenvalue weighted by atomic mass is 19.4. The number of hydrogen-bond acceptors (Lipinski definition) is 5. The van der Waals surface area contributed by atoms with Crippen LogP contribution >= 0.6 is 0 Å². The van der Waals surface area contributed by atoms with Crippen molar-refractivity contribution in [2.24, 2.45) is 0 Å². The van der Waals surface area contributed by atoms with Gasteiger partial charge in [0.1, 0.15) is 17.6 Å². The first-order valence-corrected chi connectivity index (χ1v) is 12.3. The van der Waals surface area contributed by atoms with Crippen LogP contribution in [-0.4, -0.2) is 33.3 Å². The van der Waals surface area contributed by atoms with Crippen LogP contribution in [0, 0.1) is 0 Å². The van der Waals surface area contributed by atoms with Crippen molar-refractivity contribution in [3.8, 4) is 5.75 Å². The topological polar surface area (TPSA) is 79.7 Å². The molecule has 1 atom stereocenters. The molecular formula is C29H27F3N2O4. The average Bonchev–Trinajstić information content (AvgIpc) is 3.16. The molecule has 0 bridgehead atoms. The number of likely N-dealkylation sites (tertiary alicyclic amines) is 1. The van der Waals surface area contributed by atoms with Crippen LogP contribution in [0.3, 0.4) is 0 Å². The number of hydrogen-bond donors (Lipinski definition) is 1. The Bertz CT molecular complexity index is 1320. The van der Waals surface area contributed by atoms with Crippen molar-refractivity contribution < 1.29 is 32.6 Å². The number of amides is 1. The first-order valence-electron chi connectivity index (χ1n) is 12.3. The van der Waals surface area contributed by atoms with Crippen LogP contribution < -0.4 is 4.74 Å². The molecule has 4 rings (SSSR count). The summed E-state index contributed by atoms with van der Waals surface area (Å²) in [5.74, 6) is -1.67. The highest BCUT2D eigenvalue weighted by Crippen LogP contribution is 2.40. The van der Waals surface area contributed by atoms with Crippen LogP contribution in [0.1, 0.15) is 54.6 Å². The van der Waals surface area contributed by atoms with Crippen LogP contribution in [-0.2, 0) is 22.3 Å². The number of aliphatic hydroxyl groups excluding tert-OH is 1. The highest BCUT2D eigenvalue weighted by molar-refractivity contribution is 6.46. The summed E-state index contributed by atoms with van der Waals surface area (Å²) in [4.78, 5) is 31.7. The number of carbonyl (C=O) groups is 2. The number of nitrogens with zero attached hydrogens (tertiary/aromatic N) is 2. The Labute approximate surface area is 218 Å². The van der Waals surface area contributed by atoms with Gasteiger partial charge >= 0.3 is 6.18 Å². The predicted octanol–water partition coefficient (Wildman–Crippen LogP) is 6.29. The number of rotatable bonds is 9. The van der Waals surface area contributed by atoms with Crippen LogP contribution in [0.2, 0.25) is 0 Å². The molecule has 1 fully saturated rings. The van der Waals surface area contributed by atoms with E-state index in [0.29, 0.717) is 23.6 Å². The fourth-order valence-electron chi connectivity index (χ4n) is 4.34. The number of aliphatic hydroxyl groups is 1. The Hall–Kier alpha value is -4.14. The van der Waals surface area contributed by atoms with E-state index >= 15 is 0 Å². The monoisotopic (exact) mass is 524 g/mol. The zero-order valence-corrected chi connectivity index (χ0v) is 20.7. The molecule has 198 valence electrons. The molecule has 0 spiro atoms. The van der Waals surface area contributed by atoms with Crippen LogP contribution in [0.25, 0.3) is 5.76 Å². The van der Waals surface area contributed by atoms with Crippen molar-refractivity contribution in [2.45, 2.75) is 44.9 Å². The van der Waals surface area contributed by atoms with Gasteiger partial charge in [0.05, 0.1) is 23.4 Å². The summed E-state index contributed by atoms with van der Waals surface area (Å²) < 4.78 is 45.5.